The van der Waals surface area contributed by atoms with Gasteiger partial charge >= 0.3 is 0 Å². The summed E-state index contributed by atoms with van der Waals surface area (Å²) in [5.74, 6) is 0.783. The fourth-order valence-corrected chi connectivity index (χ4v) is 3.15. The molecule has 4 aromatic rings. The van der Waals surface area contributed by atoms with Crippen LogP contribution in [0.2, 0.25) is 0 Å². The molecule has 146 valence electrons. The van der Waals surface area contributed by atoms with Crippen LogP contribution in [0.15, 0.2) is 71.1 Å². The van der Waals surface area contributed by atoms with Gasteiger partial charge in [-0.3, -0.25) is 4.79 Å². The summed E-state index contributed by atoms with van der Waals surface area (Å²) in [7, 11) is 0. The summed E-state index contributed by atoms with van der Waals surface area (Å²) in [6.45, 7) is 2.09. The second-order valence-corrected chi connectivity index (χ2v) is 6.95. The van der Waals surface area contributed by atoms with E-state index in [-0.39, 0.29) is 23.9 Å². The molecule has 29 heavy (non-hydrogen) atoms. The molecule has 6 nitrogen and oxygen atoms in total. The van der Waals surface area contributed by atoms with Crippen LogP contribution in [0.1, 0.15) is 11.5 Å². The van der Waals surface area contributed by atoms with Crippen LogP contribution in [0.3, 0.4) is 0 Å². The Bertz CT molecular complexity index is 1210. The van der Waals surface area contributed by atoms with Gasteiger partial charge in [0.15, 0.2) is 6.61 Å². The van der Waals surface area contributed by atoms with Gasteiger partial charge < -0.3 is 14.5 Å². The van der Waals surface area contributed by atoms with E-state index in [1.165, 1.54) is 4.68 Å². The standard InChI is InChI=1S/C22H19N3O3S/c1-15-9-11-17(12-10-15)27-14-21-24-25(22(29)28-21)13-20(26)23-19-8-4-6-16-5-2-3-7-18(16)19/h2-12H,13-14H2,1H3,(H,23,26). The molecule has 0 saturated heterocycles. The molecule has 0 aliphatic heterocycles. The van der Waals surface area contributed by atoms with Crippen LogP contribution in [0.4, 0.5) is 5.69 Å². The Labute approximate surface area is 172 Å². The van der Waals surface area contributed by atoms with Gasteiger partial charge in [0.2, 0.25) is 5.91 Å². The van der Waals surface area contributed by atoms with Crippen LogP contribution >= 0.6 is 12.2 Å². The highest BCUT2D eigenvalue weighted by atomic mass is 32.1. The molecule has 0 atom stereocenters. The van der Waals surface area contributed by atoms with Gasteiger partial charge in [-0.2, -0.15) is 0 Å². The molecular formula is C22H19N3O3S. The Balaban J connectivity index is 1.42. The first kappa shape index (κ1) is 18.9. The summed E-state index contributed by atoms with van der Waals surface area (Å²) in [6, 6.07) is 21.3. The van der Waals surface area contributed by atoms with E-state index in [0.29, 0.717) is 11.6 Å². The Morgan fingerprint density at radius 1 is 1.10 bits per heavy atom. The average Bonchev–Trinajstić information content (AvgIpc) is 3.07. The summed E-state index contributed by atoms with van der Waals surface area (Å²) >= 11 is 5.18. The Kier molecular flexibility index (Phi) is 5.39. The molecule has 0 spiro atoms. The molecule has 1 amide bonds. The largest absolute Gasteiger partial charge is 0.484 e. The lowest BCUT2D eigenvalue weighted by atomic mass is 10.1. The zero-order valence-corrected chi connectivity index (χ0v) is 16.6. The molecule has 4 rings (SSSR count). The van der Waals surface area contributed by atoms with E-state index in [9.17, 15) is 4.79 Å². The van der Waals surface area contributed by atoms with Crippen LogP contribution in [0, 0.1) is 11.8 Å². The summed E-state index contributed by atoms with van der Waals surface area (Å²) in [5, 5.41) is 9.19. The maximum atomic E-state index is 12.5. The highest BCUT2D eigenvalue weighted by Gasteiger charge is 2.12. The molecule has 0 radical (unpaired) electrons. The van der Waals surface area contributed by atoms with Crippen LogP contribution in [0.5, 0.6) is 5.75 Å². The number of carbonyl (C=O) groups is 1. The van der Waals surface area contributed by atoms with E-state index >= 15 is 0 Å². The highest BCUT2D eigenvalue weighted by Crippen LogP contribution is 2.23. The molecule has 1 N–H and O–H groups in total. The van der Waals surface area contributed by atoms with Gasteiger partial charge in [0.25, 0.3) is 10.7 Å². The third kappa shape index (κ3) is 4.52. The Morgan fingerprint density at radius 2 is 1.86 bits per heavy atom. The number of benzene rings is 3. The van der Waals surface area contributed by atoms with Crippen LogP contribution < -0.4 is 10.1 Å². The molecule has 0 bridgehead atoms. The SMILES string of the molecule is Cc1ccc(OCc2nn(CC(=O)Nc3cccc4ccccc34)c(=S)o2)cc1. The Hall–Kier alpha value is -3.45. The molecule has 0 fully saturated rings. The maximum absolute atomic E-state index is 12.5. The van der Waals surface area contributed by atoms with Gasteiger partial charge in [0.1, 0.15) is 12.3 Å². The van der Waals surface area contributed by atoms with Gasteiger partial charge in [-0.15, -0.1) is 5.10 Å². The van der Waals surface area contributed by atoms with Crippen molar-refractivity contribution < 1.29 is 13.9 Å². The van der Waals surface area contributed by atoms with Crippen molar-refractivity contribution in [1.82, 2.24) is 9.78 Å². The number of aryl methyl sites for hydroxylation is 1. The average molecular weight is 405 g/mol. The van der Waals surface area contributed by atoms with E-state index in [4.69, 9.17) is 21.4 Å². The molecule has 0 aliphatic rings. The first-order valence-electron chi connectivity index (χ1n) is 9.12. The lowest BCUT2D eigenvalue weighted by Crippen LogP contribution is -2.20. The first-order chi connectivity index (χ1) is 14.1. The summed E-state index contributed by atoms with van der Waals surface area (Å²) in [6.07, 6.45) is 0. The van der Waals surface area contributed by atoms with Crippen molar-refractivity contribution in [2.45, 2.75) is 20.1 Å². The maximum Gasteiger partial charge on any atom is 0.287 e. The predicted molar refractivity (Wildman–Crippen MR) is 113 cm³/mol. The molecule has 0 aliphatic carbocycles. The fourth-order valence-electron chi connectivity index (χ4n) is 2.95. The minimum atomic E-state index is -0.239. The van der Waals surface area contributed by atoms with E-state index < -0.39 is 0 Å². The minimum absolute atomic E-state index is 0.0455. The normalized spacial score (nSPS) is 10.8. The van der Waals surface area contributed by atoms with Crippen LogP contribution in [0.25, 0.3) is 10.8 Å². The predicted octanol–water partition coefficient (Wildman–Crippen LogP) is 4.88. The smallest absolute Gasteiger partial charge is 0.287 e. The molecule has 7 heteroatoms. The second kappa shape index (κ2) is 8.28. The minimum Gasteiger partial charge on any atom is -0.484 e. The fraction of sp³-hybridized carbons (Fsp3) is 0.136. The number of amides is 1. The van der Waals surface area contributed by atoms with E-state index in [1.807, 2.05) is 73.7 Å². The van der Waals surface area contributed by atoms with E-state index in [0.717, 1.165) is 22.0 Å². The zero-order valence-electron chi connectivity index (χ0n) is 15.8. The topological polar surface area (TPSA) is 69.3 Å². The van der Waals surface area contributed by atoms with Crippen molar-refractivity contribution >= 4 is 34.6 Å². The first-order valence-corrected chi connectivity index (χ1v) is 9.53. The number of hydrogen-bond donors (Lipinski definition) is 1. The van der Waals surface area contributed by atoms with E-state index in [1.54, 1.807) is 0 Å². The van der Waals surface area contributed by atoms with Crippen molar-refractivity contribution in [3.05, 3.63) is 83.0 Å². The van der Waals surface area contributed by atoms with Crippen LogP contribution in [-0.4, -0.2) is 15.7 Å². The van der Waals surface area contributed by atoms with Gasteiger partial charge in [-0.05, 0) is 42.7 Å². The number of anilines is 1. The molecule has 0 unspecified atom stereocenters. The van der Waals surface area contributed by atoms with Crippen LogP contribution in [-0.2, 0) is 17.9 Å². The summed E-state index contributed by atoms with van der Waals surface area (Å²) < 4.78 is 12.4. The summed E-state index contributed by atoms with van der Waals surface area (Å²) in [5.41, 5.74) is 1.89. The third-order valence-electron chi connectivity index (χ3n) is 4.39. The second-order valence-electron chi connectivity index (χ2n) is 6.60. The lowest BCUT2D eigenvalue weighted by molar-refractivity contribution is -0.117. The number of aromatic nitrogens is 2. The number of carbonyl (C=O) groups excluding carboxylic acids is 1. The number of ether oxygens (including phenoxy) is 1. The third-order valence-corrected chi connectivity index (χ3v) is 4.68. The lowest BCUT2D eigenvalue weighted by Gasteiger charge is -2.08. The van der Waals surface area contributed by atoms with Crippen molar-refractivity contribution in [3.63, 3.8) is 0 Å². The molecular weight excluding hydrogens is 386 g/mol. The van der Waals surface area contributed by atoms with Crippen molar-refractivity contribution in [2.75, 3.05) is 5.32 Å². The molecule has 1 aromatic heterocycles. The van der Waals surface area contributed by atoms with Crippen molar-refractivity contribution in [2.24, 2.45) is 0 Å². The number of hydrogen-bond acceptors (Lipinski definition) is 5. The monoisotopic (exact) mass is 405 g/mol. The molecule has 1 heterocycles. The van der Waals surface area contributed by atoms with Crippen molar-refractivity contribution in [1.29, 1.82) is 0 Å². The van der Waals surface area contributed by atoms with E-state index in [2.05, 4.69) is 10.4 Å². The zero-order chi connectivity index (χ0) is 20.2. The number of nitrogens with one attached hydrogen (secondary N) is 1. The number of rotatable bonds is 6. The quantitative estimate of drug-likeness (QED) is 0.463. The summed E-state index contributed by atoms with van der Waals surface area (Å²) in [4.78, 5) is 12.6. The molecule has 0 saturated carbocycles. The van der Waals surface area contributed by atoms with Gasteiger partial charge in [0.05, 0.1) is 0 Å². The van der Waals surface area contributed by atoms with Gasteiger partial charge in [0, 0.05) is 11.1 Å². The number of nitrogens with zero attached hydrogens (tertiary/aromatic N) is 2. The molecule has 3 aromatic carbocycles. The van der Waals surface area contributed by atoms with Crippen molar-refractivity contribution in [3.8, 4) is 5.75 Å². The highest BCUT2D eigenvalue weighted by molar-refractivity contribution is 7.71. The number of fused-ring (bicyclic) bond motifs is 1. The Morgan fingerprint density at radius 3 is 2.69 bits per heavy atom. The van der Waals surface area contributed by atoms with Gasteiger partial charge in [-0.1, -0.05) is 54.1 Å². The van der Waals surface area contributed by atoms with Gasteiger partial charge in [-0.25, -0.2) is 4.68 Å².